The topological polar surface area (TPSA) is 357 Å². The number of hydrogen-bond acceptors (Lipinski definition) is 19. The molecule has 4 aromatic rings. The average molecular weight is 1070 g/mol. The molecule has 3 amide bonds. The van der Waals surface area contributed by atoms with Crippen LogP contribution in [0.5, 0.6) is 17.4 Å². The van der Waals surface area contributed by atoms with Gasteiger partial charge in [0.1, 0.15) is 16.9 Å². The third-order valence-corrected chi connectivity index (χ3v) is 15.5. The number of hydrogen-bond donors (Lipinski definition) is 8. The lowest BCUT2D eigenvalue weighted by Crippen LogP contribution is -2.58. The molecule has 1 saturated carbocycles. The largest absolute Gasteiger partial charge is 0.476 e. The lowest BCUT2D eigenvalue weighted by Gasteiger charge is -2.40. The molecule has 0 unspecified atom stereocenters. The number of rotatable bonds is 23. The molecule has 2 fully saturated rings. The molecule has 4 heterocycles. The van der Waals surface area contributed by atoms with Crippen LogP contribution in [0.1, 0.15) is 81.0 Å². The highest BCUT2D eigenvalue weighted by molar-refractivity contribution is 7.86. The van der Waals surface area contributed by atoms with Gasteiger partial charge in [0.05, 0.1) is 56.1 Å². The van der Waals surface area contributed by atoms with Crippen LogP contribution in [-0.4, -0.2) is 144 Å². The molecule has 3 aliphatic heterocycles. The Hall–Kier alpha value is -6.65. The second-order valence-corrected chi connectivity index (χ2v) is 20.8. The van der Waals surface area contributed by atoms with Crippen molar-refractivity contribution < 1.29 is 78.6 Å². The van der Waals surface area contributed by atoms with Gasteiger partial charge in [0.15, 0.2) is 26.9 Å². The maximum absolute atomic E-state index is 13.7. The molecule has 1 spiro atoms. The molecule has 2 atom stereocenters. The summed E-state index contributed by atoms with van der Waals surface area (Å²) in [7, 11) is -8.70. The summed E-state index contributed by atoms with van der Waals surface area (Å²) >= 11 is 0. The monoisotopic (exact) mass is 1070 g/mol. The number of aliphatic hydroxyl groups is 1. The lowest BCUT2D eigenvalue weighted by atomic mass is 9.77. The molecule has 74 heavy (non-hydrogen) atoms. The van der Waals surface area contributed by atoms with Crippen LogP contribution < -0.4 is 41.8 Å². The Kier molecular flexibility index (Phi) is 15.4. The number of methoxy groups -OCH3 is 1. The van der Waals surface area contributed by atoms with E-state index in [1.54, 1.807) is 33.1 Å². The number of aromatic nitrogens is 1. The normalized spacial score (nSPS) is 17.5. The second-order valence-electron chi connectivity index (χ2n) is 18.1. The number of benzene rings is 3. The number of anilines is 3. The number of pyridine rings is 1. The van der Waals surface area contributed by atoms with Gasteiger partial charge in [-0.25, -0.2) is 9.78 Å². The van der Waals surface area contributed by atoms with Crippen molar-refractivity contribution in [3.05, 3.63) is 88.1 Å². The molecule has 0 radical (unpaired) electrons. The Bertz CT molecular complexity index is 3000. The van der Waals surface area contributed by atoms with Crippen molar-refractivity contribution in [3.63, 3.8) is 0 Å². The Balaban J connectivity index is 0.822. The number of carbonyl (C=O) groups excluding carboxylic acids is 4. The minimum atomic E-state index is -5.18. The third-order valence-electron chi connectivity index (χ3n) is 13.7. The van der Waals surface area contributed by atoms with E-state index >= 15 is 0 Å². The molecule has 1 saturated heterocycles. The summed E-state index contributed by atoms with van der Waals surface area (Å²) in [5, 5.41) is 17.9. The van der Waals surface area contributed by atoms with E-state index in [-0.39, 0.29) is 97.6 Å². The number of nitrogens with two attached hydrogens (primary N) is 2. The van der Waals surface area contributed by atoms with Gasteiger partial charge in [-0.05, 0) is 79.6 Å². The quantitative estimate of drug-likeness (QED) is 0.0228. The van der Waals surface area contributed by atoms with Crippen molar-refractivity contribution in [2.24, 2.45) is 11.8 Å². The van der Waals surface area contributed by atoms with Gasteiger partial charge in [-0.3, -0.25) is 23.5 Å². The maximum Gasteiger partial charge on any atom is 0.340 e. The first-order valence-electron chi connectivity index (χ1n) is 23.6. The summed E-state index contributed by atoms with van der Waals surface area (Å²) in [5.41, 5.74) is 7.77. The van der Waals surface area contributed by atoms with Gasteiger partial charge in [-0.15, -0.1) is 0 Å². The zero-order valence-corrected chi connectivity index (χ0v) is 42.2. The summed E-state index contributed by atoms with van der Waals surface area (Å²) in [6.07, 6.45) is 1.52. The summed E-state index contributed by atoms with van der Waals surface area (Å²) in [6, 6.07) is 12.0. The van der Waals surface area contributed by atoms with E-state index in [0.29, 0.717) is 38.4 Å². The van der Waals surface area contributed by atoms with Crippen molar-refractivity contribution in [1.29, 1.82) is 0 Å². The number of fused-ring (bicyclic) bond motifs is 6. The molecule has 398 valence electrons. The molecule has 10 N–H and O–H groups in total. The highest BCUT2D eigenvalue weighted by atomic mass is 32.2. The van der Waals surface area contributed by atoms with E-state index in [1.807, 2.05) is 4.90 Å². The average Bonchev–Trinajstić information content (AvgIpc) is 4.06. The van der Waals surface area contributed by atoms with E-state index in [4.69, 9.17) is 39.9 Å². The molecular weight excluding hydrogens is 1010 g/mol. The number of nitrogen functional groups attached to an aromatic ring is 2. The summed E-state index contributed by atoms with van der Waals surface area (Å²) < 4.78 is 105. The molecule has 26 heteroatoms. The van der Waals surface area contributed by atoms with Gasteiger partial charge in [-0.1, -0.05) is 19.9 Å². The standard InChI is InChI=1S/C48H57N7O17S2/c1-4-47(5-2,54-43(58)36-12-13-37(55-22-29(23-55)67-3)44(53-36)70-25-28-20-27(28)24-56)46(60)52-15-17-69-19-18-68-16-14-51-42(57)26-6-7-31-30(21-26)45(59)72-48(31)32-8-10-34(49)40(73(61,62)63)38(32)71-39-33(48)9-11-35(50)41(39)74(64,65)66/h6-13,21,27-29,56H,4-5,14-20,22-25,49-50H2,1-3H3,(H,51,57)(H,52,60)(H,54,58)(H,61,62,63)(H,64,65,66)/t27-,28-/m1/s1. The summed E-state index contributed by atoms with van der Waals surface area (Å²) in [4.78, 5) is 58.8. The van der Waals surface area contributed by atoms with Gasteiger partial charge in [0.25, 0.3) is 32.1 Å². The smallest absolute Gasteiger partial charge is 0.340 e. The fourth-order valence-electron chi connectivity index (χ4n) is 9.27. The number of ether oxygens (including phenoxy) is 6. The molecule has 4 aliphatic rings. The Morgan fingerprint density at radius 3 is 1.97 bits per heavy atom. The molecule has 3 aromatic carbocycles. The molecule has 1 aromatic heterocycles. The molecule has 8 rings (SSSR count). The van der Waals surface area contributed by atoms with Crippen LogP contribution in [0.4, 0.5) is 17.1 Å². The highest BCUT2D eigenvalue weighted by Gasteiger charge is 2.56. The fraction of sp³-hybridized carbons (Fsp3) is 0.438. The first-order valence-corrected chi connectivity index (χ1v) is 26.5. The minimum absolute atomic E-state index is 0.00695. The SMILES string of the molecule is CCC(CC)(NC(=O)c1ccc(N2CC(OC)C2)c(OC[C@H]2C[C@@H]2CO)n1)C(=O)NCCOCCOCCNC(=O)c1ccc2c(c1)C(=O)OC21c2ccc(N)c(S(=O)(=O)O)c2Oc2c1ccc(N)c2S(=O)(=O)O. The van der Waals surface area contributed by atoms with Gasteiger partial charge in [0.2, 0.25) is 11.8 Å². The van der Waals surface area contributed by atoms with E-state index in [2.05, 4.69) is 20.9 Å². The van der Waals surface area contributed by atoms with E-state index in [0.717, 1.165) is 24.2 Å². The van der Waals surface area contributed by atoms with E-state index in [1.165, 1.54) is 30.3 Å². The zero-order valence-electron chi connectivity index (χ0n) is 40.5. The molecule has 1 aliphatic carbocycles. The molecule has 0 bridgehead atoms. The van der Waals surface area contributed by atoms with Crippen LogP contribution in [0.15, 0.2) is 64.4 Å². The number of carbonyl (C=O) groups is 4. The third kappa shape index (κ3) is 10.4. The Morgan fingerprint density at radius 1 is 0.824 bits per heavy atom. The van der Waals surface area contributed by atoms with Crippen LogP contribution in [0, 0.1) is 11.8 Å². The van der Waals surface area contributed by atoms with Crippen LogP contribution in [-0.2, 0) is 49.6 Å². The summed E-state index contributed by atoms with van der Waals surface area (Å²) in [5.74, 6) is -3.26. The number of aliphatic hydroxyl groups excluding tert-OH is 1. The van der Waals surface area contributed by atoms with Crippen molar-refractivity contribution in [3.8, 4) is 17.4 Å². The van der Waals surface area contributed by atoms with E-state index < -0.39 is 87.7 Å². The molecular formula is C48H57N7O17S2. The lowest BCUT2D eigenvalue weighted by molar-refractivity contribution is -0.128. The predicted octanol–water partition coefficient (Wildman–Crippen LogP) is 2.02. The van der Waals surface area contributed by atoms with Crippen molar-refractivity contribution in [1.82, 2.24) is 20.9 Å². The van der Waals surface area contributed by atoms with Gasteiger partial charge >= 0.3 is 5.97 Å². The molecule has 24 nitrogen and oxygen atoms in total. The number of nitrogens with zero attached hydrogens (tertiary/aromatic N) is 2. The minimum Gasteiger partial charge on any atom is -0.476 e. The first kappa shape index (κ1) is 53.6. The first-order chi connectivity index (χ1) is 35.2. The van der Waals surface area contributed by atoms with Crippen LogP contribution in [0.25, 0.3) is 0 Å². The Labute approximate surface area is 425 Å². The Morgan fingerprint density at radius 2 is 1.42 bits per heavy atom. The zero-order chi connectivity index (χ0) is 53.3. The second kappa shape index (κ2) is 21.3. The van der Waals surface area contributed by atoms with Crippen molar-refractivity contribution >= 4 is 61.0 Å². The summed E-state index contributed by atoms with van der Waals surface area (Å²) in [6.45, 7) is 5.97. The fourth-order valence-corrected chi connectivity index (χ4v) is 10.8. The number of nitrogens with one attached hydrogen (secondary N) is 3. The van der Waals surface area contributed by atoms with E-state index in [9.17, 15) is 50.2 Å². The highest BCUT2D eigenvalue weighted by Crippen LogP contribution is 2.60. The van der Waals surface area contributed by atoms with Crippen molar-refractivity contribution in [2.45, 2.75) is 60.1 Å². The van der Waals surface area contributed by atoms with Crippen LogP contribution in [0.2, 0.25) is 0 Å². The number of amides is 3. The maximum atomic E-state index is 13.7. The van der Waals surface area contributed by atoms with Gasteiger partial charge in [-0.2, -0.15) is 16.8 Å². The van der Waals surface area contributed by atoms with Gasteiger partial charge < -0.3 is 65.8 Å². The number of esters is 1. The van der Waals surface area contributed by atoms with Gasteiger partial charge in [0, 0.05) is 62.1 Å². The van der Waals surface area contributed by atoms with Crippen LogP contribution in [0.3, 0.4) is 0 Å². The van der Waals surface area contributed by atoms with Crippen LogP contribution >= 0.6 is 0 Å². The predicted molar refractivity (Wildman–Crippen MR) is 262 cm³/mol. The van der Waals surface area contributed by atoms with Crippen molar-refractivity contribution in [2.75, 3.05) is 89.3 Å².